The van der Waals surface area contributed by atoms with E-state index in [-0.39, 0.29) is 18.4 Å². The summed E-state index contributed by atoms with van der Waals surface area (Å²) >= 11 is 0. The maximum atomic E-state index is 9.64. The standard InChI is InChI=1S/C13H20N2O3/c1-18-13-8-10(17)2-3-11(13)12(9-16)15-6-4-14-5-7-15/h2-3,8,12,14,16-17H,4-7,9H2,1H3/t12-/m0/s1. The van der Waals surface area contributed by atoms with Gasteiger partial charge in [0, 0.05) is 37.8 Å². The lowest BCUT2D eigenvalue weighted by molar-refractivity contribution is 0.109. The second kappa shape index (κ2) is 6.04. The number of benzene rings is 1. The summed E-state index contributed by atoms with van der Waals surface area (Å²) in [6, 6.07) is 4.95. The van der Waals surface area contributed by atoms with Gasteiger partial charge in [-0.05, 0) is 12.1 Å². The highest BCUT2D eigenvalue weighted by Crippen LogP contribution is 2.32. The summed E-state index contributed by atoms with van der Waals surface area (Å²) in [5.41, 5.74) is 0.916. The van der Waals surface area contributed by atoms with Gasteiger partial charge in [0.25, 0.3) is 0 Å². The Balaban J connectivity index is 2.25. The number of piperazine rings is 1. The third-order valence-electron chi connectivity index (χ3n) is 3.34. The predicted octanol–water partition coefficient (Wildman–Crippen LogP) is 0.339. The number of phenolic OH excluding ortho intramolecular Hbond substituents is 1. The number of hydrogen-bond donors (Lipinski definition) is 3. The molecule has 1 aromatic rings. The summed E-state index contributed by atoms with van der Waals surface area (Å²) in [7, 11) is 1.57. The highest BCUT2D eigenvalue weighted by molar-refractivity contribution is 5.42. The molecule has 0 bridgehead atoms. The Bertz CT molecular complexity index is 392. The number of nitrogens with zero attached hydrogens (tertiary/aromatic N) is 1. The first-order chi connectivity index (χ1) is 8.76. The Hall–Kier alpha value is -1.30. The SMILES string of the molecule is COc1cc(O)ccc1[C@H](CO)N1CCNCC1. The van der Waals surface area contributed by atoms with Crippen molar-refractivity contribution in [3.63, 3.8) is 0 Å². The summed E-state index contributed by atoms with van der Waals surface area (Å²) in [4.78, 5) is 2.23. The molecule has 3 N–H and O–H groups in total. The molecule has 2 rings (SSSR count). The fraction of sp³-hybridized carbons (Fsp3) is 0.538. The first-order valence-corrected chi connectivity index (χ1v) is 6.18. The number of aromatic hydroxyl groups is 1. The van der Waals surface area contributed by atoms with Crippen LogP contribution in [-0.2, 0) is 0 Å². The van der Waals surface area contributed by atoms with Crippen LogP contribution in [-0.4, -0.2) is 55.0 Å². The molecule has 1 aliphatic heterocycles. The Morgan fingerprint density at radius 2 is 2.11 bits per heavy atom. The molecule has 1 atom stereocenters. The van der Waals surface area contributed by atoms with Gasteiger partial charge in [0.1, 0.15) is 11.5 Å². The Morgan fingerprint density at radius 1 is 1.39 bits per heavy atom. The van der Waals surface area contributed by atoms with Crippen LogP contribution in [0.25, 0.3) is 0 Å². The number of rotatable bonds is 4. The highest BCUT2D eigenvalue weighted by Gasteiger charge is 2.24. The van der Waals surface area contributed by atoms with Crippen molar-refractivity contribution in [1.82, 2.24) is 10.2 Å². The van der Waals surface area contributed by atoms with Gasteiger partial charge >= 0.3 is 0 Å². The van der Waals surface area contributed by atoms with Gasteiger partial charge in [0.15, 0.2) is 0 Å². The Kier molecular flexibility index (Phi) is 4.41. The van der Waals surface area contributed by atoms with Gasteiger partial charge in [0.2, 0.25) is 0 Å². The lowest BCUT2D eigenvalue weighted by Crippen LogP contribution is -2.46. The van der Waals surface area contributed by atoms with Gasteiger partial charge in [-0.3, -0.25) is 4.90 Å². The van der Waals surface area contributed by atoms with E-state index in [0.29, 0.717) is 5.75 Å². The molecule has 0 radical (unpaired) electrons. The molecule has 0 aromatic heterocycles. The van der Waals surface area contributed by atoms with Crippen molar-refractivity contribution >= 4 is 0 Å². The van der Waals surface area contributed by atoms with Crippen molar-refractivity contribution in [1.29, 1.82) is 0 Å². The van der Waals surface area contributed by atoms with E-state index in [2.05, 4.69) is 10.2 Å². The number of nitrogens with one attached hydrogen (secondary N) is 1. The molecule has 0 amide bonds. The Morgan fingerprint density at radius 3 is 2.72 bits per heavy atom. The second-order valence-corrected chi connectivity index (χ2v) is 4.41. The average Bonchev–Trinajstić information content (AvgIpc) is 2.42. The number of hydrogen-bond acceptors (Lipinski definition) is 5. The van der Waals surface area contributed by atoms with Gasteiger partial charge in [-0.1, -0.05) is 0 Å². The fourth-order valence-electron chi connectivity index (χ4n) is 2.38. The molecule has 5 heteroatoms. The van der Waals surface area contributed by atoms with E-state index in [9.17, 15) is 10.2 Å². The van der Waals surface area contributed by atoms with Crippen LogP contribution in [0, 0.1) is 0 Å². The largest absolute Gasteiger partial charge is 0.508 e. The maximum Gasteiger partial charge on any atom is 0.127 e. The molecule has 1 saturated heterocycles. The molecule has 0 spiro atoms. The van der Waals surface area contributed by atoms with Crippen molar-refractivity contribution in [3.8, 4) is 11.5 Å². The zero-order valence-electron chi connectivity index (χ0n) is 10.6. The molecule has 0 saturated carbocycles. The van der Waals surface area contributed by atoms with Crippen LogP contribution in [0.5, 0.6) is 11.5 Å². The minimum atomic E-state index is -0.0809. The molecule has 0 aliphatic carbocycles. The number of aliphatic hydroxyl groups is 1. The van der Waals surface area contributed by atoms with Gasteiger partial charge in [0.05, 0.1) is 19.8 Å². The molecule has 5 nitrogen and oxygen atoms in total. The fourth-order valence-corrected chi connectivity index (χ4v) is 2.38. The van der Waals surface area contributed by atoms with E-state index < -0.39 is 0 Å². The molecule has 1 aromatic carbocycles. The predicted molar refractivity (Wildman–Crippen MR) is 68.9 cm³/mol. The zero-order chi connectivity index (χ0) is 13.0. The molecule has 18 heavy (non-hydrogen) atoms. The van der Waals surface area contributed by atoms with E-state index in [0.717, 1.165) is 31.7 Å². The molecule has 100 valence electrons. The first kappa shape index (κ1) is 13.1. The van der Waals surface area contributed by atoms with E-state index in [1.807, 2.05) is 6.07 Å². The van der Waals surface area contributed by atoms with E-state index in [1.165, 1.54) is 0 Å². The summed E-state index contributed by atoms with van der Waals surface area (Å²) < 4.78 is 5.29. The minimum Gasteiger partial charge on any atom is -0.508 e. The smallest absolute Gasteiger partial charge is 0.127 e. The van der Waals surface area contributed by atoms with Crippen LogP contribution >= 0.6 is 0 Å². The second-order valence-electron chi connectivity index (χ2n) is 4.41. The van der Waals surface area contributed by atoms with Crippen molar-refractivity contribution in [2.45, 2.75) is 6.04 Å². The van der Waals surface area contributed by atoms with Crippen molar-refractivity contribution in [2.75, 3.05) is 39.9 Å². The summed E-state index contributed by atoms with van der Waals surface area (Å²) in [6.45, 7) is 3.69. The number of ether oxygens (including phenoxy) is 1. The van der Waals surface area contributed by atoms with Crippen LogP contribution in [0.3, 0.4) is 0 Å². The molecular weight excluding hydrogens is 232 g/mol. The van der Waals surface area contributed by atoms with Gasteiger partial charge in [-0.15, -0.1) is 0 Å². The molecule has 1 fully saturated rings. The normalized spacial score (nSPS) is 18.6. The zero-order valence-corrected chi connectivity index (χ0v) is 10.6. The van der Waals surface area contributed by atoms with Gasteiger partial charge in [-0.2, -0.15) is 0 Å². The number of aliphatic hydroxyl groups excluding tert-OH is 1. The maximum absolute atomic E-state index is 9.64. The molecule has 1 heterocycles. The van der Waals surface area contributed by atoms with Crippen LogP contribution in [0.15, 0.2) is 18.2 Å². The van der Waals surface area contributed by atoms with Crippen LogP contribution in [0.2, 0.25) is 0 Å². The lowest BCUT2D eigenvalue weighted by atomic mass is 10.0. The van der Waals surface area contributed by atoms with Crippen LogP contribution in [0.1, 0.15) is 11.6 Å². The quantitative estimate of drug-likeness (QED) is 0.721. The summed E-state index contributed by atoms with van der Waals surface area (Å²) in [5.74, 6) is 0.792. The van der Waals surface area contributed by atoms with Crippen molar-refractivity contribution < 1.29 is 14.9 Å². The van der Waals surface area contributed by atoms with E-state index in [4.69, 9.17) is 4.74 Å². The van der Waals surface area contributed by atoms with Crippen LogP contribution in [0.4, 0.5) is 0 Å². The molecular formula is C13H20N2O3. The summed E-state index contributed by atoms with van der Waals surface area (Å²) in [6.07, 6.45) is 0. The van der Waals surface area contributed by atoms with Gasteiger partial charge in [-0.25, -0.2) is 0 Å². The van der Waals surface area contributed by atoms with E-state index >= 15 is 0 Å². The number of methoxy groups -OCH3 is 1. The molecule has 1 aliphatic rings. The lowest BCUT2D eigenvalue weighted by Gasteiger charge is -2.34. The first-order valence-electron chi connectivity index (χ1n) is 6.18. The third-order valence-corrected chi connectivity index (χ3v) is 3.34. The monoisotopic (exact) mass is 252 g/mol. The van der Waals surface area contributed by atoms with Crippen molar-refractivity contribution in [2.24, 2.45) is 0 Å². The van der Waals surface area contributed by atoms with Gasteiger partial charge < -0.3 is 20.3 Å². The Labute approximate surface area is 107 Å². The number of phenols is 1. The summed E-state index contributed by atoms with van der Waals surface area (Å²) in [5, 5.41) is 22.4. The molecule has 0 unspecified atom stereocenters. The van der Waals surface area contributed by atoms with Crippen molar-refractivity contribution in [3.05, 3.63) is 23.8 Å². The average molecular weight is 252 g/mol. The highest BCUT2D eigenvalue weighted by atomic mass is 16.5. The van der Waals surface area contributed by atoms with E-state index in [1.54, 1.807) is 19.2 Å². The third kappa shape index (κ3) is 2.75. The topological polar surface area (TPSA) is 65.0 Å². The van der Waals surface area contributed by atoms with Crippen LogP contribution < -0.4 is 10.1 Å². The minimum absolute atomic E-state index is 0.0428.